The molecule has 3 rings (SSSR count). The summed E-state index contributed by atoms with van der Waals surface area (Å²) in [6.45, 7) is 6.08. The normalized spacial score (nSPS) is 12.6. The van der Waals surface area contributed by atoms with Crippen LogP contribution in [0.3, 0.4) is 0 Å². The van der Waals surface area contributed by atoms with Crippen LogP contribution < -0.4 is 5.44 Å². The van der Waals surface area contributed by atoms with Crippen molar-refractivity contribution in [1.82, 2.24) is 4.57 Å². The summed E-state index contributed by atoms with van der Waals surface area (Å²) in [6.07, 6.45) is 0. The lowest BCUT2D eigenvalue weighted by molar-refractivity contribution is 0.571. The summed E-state index contributed by atoms with van der Waals surface area (Å²) < 4.78 is 15.1. The van der Waals surface area contributed by atoms with E-state index < -0.39 is 7.80 Å². The minimum absolute atomic E-state index is 0.254. The average Bonchev–Trinajstić information content (AvgIpc) is 2.85. The van der Waals surface area contributed by atoms with Crippen molar-refractivity contribution >= 4 is 24.1 Å². The largest absolute Gasteiger partial charge is 0.400 e. The summed E-state index contributed by atoms with van der Waals surface area (Å²) in [5.74, 6) is 0. The molecular weight excluding hydrogens is 277 g/mol. The Morgan fingerprint density at radius 3 is 2.19 bits per heavy atom. The predicted molar refractivity (Wildman–Crippen MR) is 90.3 cm³/mol. The summed E-state index contributed by atoms with van der Waals surface area (Å²) in [5, 5.41) is 0.875. The van der Waals surface area contributed by atoms with Gasteiger partial charge in [-0.25, -0.2) is 0 Å². The quantitative estimate of drug-likeness (QED) is 0.618. The molecule has 0 aliphatic heterocycles. The van der Waals surface area contributed by atoms with Crippen molar-refractivity contribution in [3.8, 4) is 5.69 Å². The molecule has 1 aromatic heterocycles. The van der Waals surface area contributed by atoms with Gasteiger partial charge in [0.1, 0.15) is 0 Å². The van der Waals surface area contributed by atoms with Gasteiger partial charge in [-0.15, -0.1) is 0 Å². The number of para-hydroxylation sites is 2. The molecule has 0 radical (unpaired) electrons. The van der Waals surface area contributed by atoms with Gasteiger partial charge in [0.2, 0.25) is 0 Å². The summed E-state index contributed by atoms with van der Waals surface area (Å²) in [7, 11) is -1.49. The standard InChI is InChI=1S/C18H19NOP/c1-18(2,3)21(20)17-13-14-9-7-8-12-16(14)19(17)15-10-5-4-6-11-15/h4-13H,1-3H3/q+1. The smallest absolute Gasteiger partial charge is 0.272 e. The molecule has 106 valence electrons. The predicted octanol–water partition coefficient (Wildman–Crippen LogP) is 4.88. The van der Waals surface area contributed by atoms with E-state index in [9.17, 15) is 4.57 Å². The second-order valence-electron chi connectivity index (χ2n) is 6.20. The molecule has 3 heteroatoms. The summed E-state index contributed by atoms with van der Waals surface area (Å²) in [5.41, 5.74) is 3.05. The Bertz CT molecular complexity index is 797. The van der Waals surface area contributed by atoms with Crippen LogP contribution in [0.25, 0.3) is 16.6 Å². The first-order chi connectivity index (χ1) is 9.98. The Labute approximate surface area is 126 Å². The third-order valence-electron chi connectivity index (χ3n) is 3.52. The minimum atomic E-state index is -1.49. The fourth-order valence-corrected chi connectivity index (χ4v) is 3.83. The van der Waals surface area contributed by atoms with Crippen LogP contribution in [-0.4, -0.2) is 9.72 Å². The first kappa shape index (κ1) is 14.0. The highest BCUT2D eigenvalue weighted by molar-refractivity contribution is 7.54. The van der Waals surface area contributed by atoms with Gasteiger partial charge in [-0.2, -0.15) is 0 Å². The highest BCUT2D eigenvalue weighted by atomic mass is 31.1. The highest BCUT2D eigenvalue weighted by Crippen LogP contribution is 2.39. The molecule has 2 nitrogen and oxygen atoms in total. The van der Waals surface area contributed by atoms with Gasteiger partial charge in [-0.1, -0.05) is 41.0 Å². The van der Waals surface area contributed by atoms with E-state index >= 15 is 0 Å². The number of aromatic nitrogens is 1. The van der Waals surface area contributed by atoms with E-state index in [0.717, 1.165) is 22.0 Å². The lowest BCUT2D eigenvalue weighted by Gasteiger charge is -2.09. The topological polar surface area (TPSA) is 22.0 Å². The van der Waals surface area contributed by atoms with Crippen LogP contribution in [-0.2, 0) is 4.57 Å². The Kier molecular flexibility index (Phi) is 3.43. The third-order valence-corrected chi connectivity index (χ3v) is 5.49. The molecule has 2 aromatic carbocycles. The number of rotatable bonds is 2. The molecule has 0 aliphatic rings. The Balaban J connectivity index is 2.32. The van der Waals surface area contributed by atoms with Gasteiger partial charge in [-0.3, -0.25) is 4.57 Å². The molecule has 0 spiro atoms. The maximum Gasteiger partial charge on any atom is 0.400 e. The maximum atomic E-state index is 13.0. The second kappa shape index (κ2) is 5.13. The van der Waals surface area contributed by atoms with Crippen LogP contribution >= 0.6 is 7.80 Å². The third kappa shape index (κ3) is 2.52. The fourth-order valence-electron chi connectivity index (χ4n) is 2.48. The fraction of sp³-hybridized carbons (Fsp3) is 0.222. The summed E-state index contributed by atoms with van der Waals surface area (Å²) in [4.78, 5) is 0. The van der Waals surface area contributed by atoms with Crippen LogP contribution in [0.2, 0.25) is 0 Å². The first-order valence-corrected chi connectivity index (χ1v) is 8.38. The molecule has 0 bridgehead atoms. The molecule has 1 unspecified atom stereocenters. The van der Waals surface area contributed by atoms with Crippen LogP contribution in [0.4, 0.5) is 0 Å². The molecular formula is C18H19NOP+. The molecule has 0 N–H and O–H groups in total. The van der Waals surface area contributed by atoms with Gasteiger partial charge < -0.3 is 0 Å². The zero-order valence-corrected chi connectivity index (χ0v) is 13.5. The maximum absolute atomic E-state index is 13.0. The molecule has 1 heterocycles. The number of nitrogens with zero attached hydrogens (tertiary/aromatic N) is 1. The van der Waals surface area contributed by atoms with E-state index in [1.54, 1.807) is 0 Å². The minimum Gasteiger partial charge on any atom is -0.272 e. The Morgan fingerprint density at radius 1 is 0.905 bits per heavy atom. The van der Waals surface area contributed by atoms with Gasteiger partial charge in [0.25, 0.3) is 5.44 Å². The van der Waals surface area contributed by atoms with Crippen molar-refractivity contribution in [1.29, 1.82) is 0 Å². The van der Waals surface area contributed by atoms with Crippen LogP contribution in [0.15, 0.2) is 60.7 Å². The van der Waals surface area contributed by atoms with Crippen molar-refractivity contribution in [2.75, 3.05) is 0 Å². The van der Waals surface area contributed by atoms with Gasteiger partial charge in [0.05, 0.1) is 5.52 Å². The van der Waals surface area contributed by atoms with Gasteiger partial charge >= 0.3 is 7.80 Å². The Hall–Kier alpha value is -1.92. The monoisotopic (exact) mass is 296 g/mol. The lowest BCUT2D eigenvalue weighted by atomic mass is 10.2. The molecule has 0 fully saturated rings. The van der Waals surface area contributed by atoms with Crippen LogP contribution in [0.5, 0.6) is 0 Å². The average molecular weight is 296 g/mol. The highest BCUT2D eigenvalue weighted by Gasteiger charge is 2.40. The molecule has 0 saturated carbocycles. The lowest BCUT2D eigenvalue weighted by Crippen LogP contribution is -2.20. The van der Waals surface area contributed by atoms with Crippen molar-refractivity contribution < 1.29 is 4.57 Å². The number of fused-ring (bicyclic) bond motifs is 1. The van der Waals surface area contributed by atoms with Crippen LogP contribution in [0, 0.1) is 0 Å². The Morgan fingerprint density at radius 2 is 1.52 bits per heavy atom. The number of hydrogen-bond acceptors (Lipinski definition) is 1. The molecule has 3 aromatic rings. The van der Waals surface area contributed by atoms with Crippen molar-refractivity contribution in [2.24, 2.45) is 0 Å². The number of benzene rings is 2. The molecule has 1 atom stereocenters. The molecule has 0 aliphatic carbocycles. The van der Waals surface area contributed by atoms with Gasteiger partial charge in [0.15, 0.2) is 5.16 Å². The molecule has 0 amide bonds. The van der Waals surface area contributed by atoms with Crippen molar-refractivity contribution in [3.63, 3.8) is 0 Å². The van der Waals surface area contributed by atoms with Crippen LogP contribution in [0.1, 0.15) is 20.8 Å². The molecule has 21 heavy (non-hydrogen) atoms. The van der Waals surface area contributed by atoms with Gasteiger partial charge in [0, 0.05) is 17.1 Å². The van der Waals surface area contributed by atoms with Crippen molar-refractivity contribution in [3.05, 3.63) is 60.7 Å². The zero-order valence-electron chi connectivity index (χ0n) is 12.6. The summed E-state index contributed by atoms with van der Waals surface area (Å²) in [6, 6.07) is 20.4. The van der Waals surface area contributed by atoms with E-state index in [-0.39, 0.29) is 5.16 Å². The van der Waals surface area contributed by atoms with E-state index in [1.807, 2.05) is 51.1 Å². The summed E-state index contributed by atoms with van der Waals surface area (Å²) >= 11 is 0. The van der Waals surface area contributed by atoms with E-state index in [4.69, 9.17) is 0 Å². The number of hydrogen-bond donors (Lipinski definition) is 0. The van der Waals surface area contributed by atoms with E-state index in [2.05, 4.69) is 34.9 Å². The zero-order chi connectivity index (χ0) is 15.0. The van der Waals surface area contributed by atoms with Gasteiger partial charge in [-0.05, 0) is 39.0 Å². The first-order valence-electron chi connectivity index (χ1n) is 7.12. The second-order valence-corrected chi connectivity index (χ2v) is 8.59. The van der Waals surface area contributed by atoms with Crippen molar-refractivity contribution in [2.45, 2.75) is 25.9 Å². The SMILES string of the molecule is CC(C)(C)[P+](=O)c1cc2ccccc2n1-c1ccccc1. The van der Waals surface area contributed by atoms with E-state index in [0.29, 0.717) is 0 Å². The van der Waals surface area contributed by atoms with E-state index in [1.165, 1.54) is 0 Å². The molecule has 0 saturated heterocycles.